The molecular weight excluding hydrogens is 242 g/mol. The largest absolute Gasteiger partial charge is 0.379 e. The first-order chi connectivity index (χ1) is 9.15. The summed E-state index contributed by atoms with van der Waals surface area (Å²) in [7, 11) is 0. The molecule has 0 bridgehead atoms. The maximum atomic E-state index is 11.8. The van der Waals surface area contributed by atoms with Crippen LogP contribution in [0.4, 0.5) is 0 Å². The van der Waals surface area contributed by atoms with Gasteiger partial charge in [0.25, 0.3) is 0 Å². The van der Waals surface area contributed by atoms with Gasteiger partial charge in [0, 0.05) is 31.7 Å². The van der Waals surface area contributed by atoms with Crippen LogP contribution in [-0.4, -0.2) is 62.3 Å². The fourth-order valence-corrected chi connectivity index (χ4v) is 2.27. The fraction of sp³-hybridized carbons (Fsp3) is 0.929. The monoisotopic (exact) mass is 271 g/mol. The third kappa shape index (κ3) is 6.89. The molecule has 2 N–H and O–H groups in total. The molecule has 0 aromatic carbocycles. The summed E-state index contributed by atoms with van der Waals surface area (Å²) in [5, 5.41) is 6.33. The van der Waals surface area contributed by atoms with E-state index in [2.05, 4.69) is 36.3 Å². The molecule has 1 fully saturated rings. The summed E-state index contributed by atoms with van der Waals surface area (Å²) >= 11 is 0. The minimum atomic E-state index is 0.0996. The predicted octanol–water partition coefficient (Wildman–Crippen LogP) is 0.602. The molecule has 0 spiro atoms. The van der Waals surface area contributed by atoms with Gasteiger partial charge in [-0.2, -0.15) is 0 Å². The van der Waals surface area contributed by atoms with Crippen molar-refractivity contribution >= 4 is 5.91 Å². The second-order valence-electron chi connectivity index (χ2n) is 5.28. The molecule has 0 aliphatic carbocycles. The highest BCUT2D eigenvalue weighted by molar-refractivity contribution is 5.78. The van der Waals surface area contributed by atoms with Crippen LogP contribution in [0.1, 0.15) is 33.6 Å². The molecule has 1 rings (SSSR count). The number of morpholine rings is 1. The van der Waals surface area contributed by atoms with Gasteiger partial charge >= 0.3 is 0 Å². The number of carbonyl (C=O) groups excluding carboxylic acids is 1. The van der Waals surface area contributed by atoms with Crippen molar-refractivity contribution in [2.24, 2.45) is 0 Å². The fourth-order valence-electron chi connectivity index (χ4n) is 2.27. The lowest BCUT2D eigenvalue weighted by atomic mass is 10.2. The first kappa shape index (κ1) is 16.4. The predicted molar refractivity (Wildman–Crippen MR) is 77.2 cm³/mol. The summed E-state index contributed by atoms with van der Waals surface area (Å²) in [6.45, 7) is 11.3. The van der Waals surface area contributed by atoms with Gasteiger partial charge in [-0.1, -0.05) is 13.8 Å². The molecule has 112 valence electrons. The van der Waals surface area contributed by atoms with Gasteiger partial charge < -0.3 is 15.4 Å². The Balaban J connectivity index is 2.14. The quantitative estimate of drug-likeness (QED) is 0.679. The van der Waals surface area contributed by atoms with Crippen LogP contribution in [-0.2, 0) is 9.53 Å². The van der Waals surface area contributed by atoms with Gasteiger partial charge in [0.2, 0.25) is 5.91 Å². The average molecular weight is 271 g/mol. The van der Waals surface area contributed by atoms with Gasteiger partial charge in [-0.05, 0) is 19.8 Å². The van der Waals surface area contributed by atoms with E-state index in [0.717, 1.165) is 45.7 Å². The van der Waals surface area contributed by atoms with Crippen LogP contribution in [0.25, 0.3) is 0 Å². The van der Waals surface area contributed by atoms with Crippen molar-refractivity contribution in [1.29, 1.82) is 0 Å². The number of hydrogen-bond acceptors (Lipinski definition) is 4. The molecule has 0 radical (unpaired) electrons. The van der Waals surface area contributed by atoms with E-state index in [0.29, 0.717) is 18.6 Å². The Bertz CT molecular complexity index is 251. The van der Waals surface area contributed by atoms with Crippen LogP contribution in [0.3, 0.4) is 0 Å². The van der Waals surface area contributed by atoms with Crippen molar-refractivity contribution in [3.63, 3.8) is 0 Å². The molecule has 1 heterocycles. The first-order valence-corrected chi connectivity index (χ1v) is 7.48. The molecule has 19 heavy (non-hydrogen) atoms. The lowest BCUT2D eigenvalue weighted by Gasteiger charge is -2.29. The van der Waals surface area contributed by atoms with Crippen LogP contribution in [0.5, 0.6) is 0 Å². The summed E-state index contributed by atoms with van der Waals surface area (Å²) in [6, 6.07) is 0.634. The summed E-state index contributed by atoms with van der Waals surface area (Å²) in [4.78, 5) is 14.1. The summed E-state index contributed by atoms with van der Waals surface area (Å²) in [6.07, 6.45) is 1.98. The zero-order valence-electron chi connectivity index (χ0n) is 12.6. The third-order valence-corrected chi connectivity index (χ3v) is 3.60. The van der Waals surface area contributed by atoms with Gasteiger partial charge in [0.05, 0.1) is 19.8 Å². The number of nitrogens with zero attached hydrogens (tertiary/aromatic N) is 1. The van der Waals surface area contributed by atoms with Crippen LogP contribution < -0.4 is 10.6 Å². The molecule has 0 aromatic rings. The SMILES string of the molecule is CCC(CC)NC(=O)CNC(C)CN1CCOCC1. The number of amides is 1. The van der Waals surface area contributed by atoms with E-state index in [1.807, 2.05) is 0 Å². The Kier molecular flexibility index (Phi) is 8.02. The maximum Gasteiger partial charge on any atom is 0.234 e. The second kappa shape index (κ2) is 9.28. The van der Waals surface area contributed by atoms with Crippen LogP contribution in [0.2, 0.25) is 0 Å². The maximum absolute atomic E-state index is 11.8. The van der Waals surface area contributed by atoms with E-state index in [1.54, 1.807) is 0 Å². The summed E-state index contributed by atoms with van der Waals surface area (Å²) < 4.78 is 5.32. The van der Waals surface area contributed by atoms with Crippen molar-refractivity contribution in [1.82, 2.24) is 15.5 Å². The van der Waals surface area contributed by atoms with Crippen LogP contribution in [0, 0.1) is 0 Å². The summed E-state index contributed by atoms with van der Waals surface area (Å²) in [5.41, 5.74) is 0. The molecule has 1 unspecified atom stereocenters. The molecule has 1 aliphatic rings. The molecule has 1 atom stereocenters. The van der Waals surface area contributed by atoms with Crippen molar-refractivity contribution < 1.29 is 9.53 Å². The first-order valence-electron chi connectivity index (χ1n) is 7.48. The highest BCUT2D eigenvalue weighted by Crippen LogP contribution is 1.98. The van der Waals surface area contributed by atoms with Gasteiger partial charge in [0.1, 0.15) is 0 Å². The number of nitrogens with one attached hydrogen (secondary N) is 2. The normalized spacial score (nSPS) is 18.5. The van der Waals surface area contributed by atoms with Crippen molar-refractivity contribution in [2.75, 3.05) is 39.4 Å². The average Bonchev–Trinajstić information content (AvgIpc) is 2.43. The minimum Gasteiger partial charge on any atom is -0.379 e. The van der Waals surface area contributed by atoms with Crippen molar-refractivity contribution in [3.8, 4) is 0 Å². The van der Waals surface area contributed by atoms with E-state index < -0.39 is 0 Å². The molecule has 1 aliphatic heterocycles. The van der Waals surface area contributed by atoms with Gasteiger partial charge in [0.15, 0.2) is 0 Å². The smallest absolute Gasteiger partial charge is 0.234 e. The second-order valence-corrected chi connectivity index (χ2v) is 5.28. The molecule has 1 amide bonds. The standard InChI is InChI=1S/C14H29N3O2/c1-4-13(5-2)16-14(18)10-15-12(3)11-17-6-8-19-9-7-17/h12-13,15H,4-11H2,1-3H3,(H,16,18). The molecular formula is C14H29N3O2. The summed E-state index contributed by atoms with van der Waals surface area (Å²) in [5.74, 6) is 0.0996. The van der Waals surface area contributed by atoms with Crippen LogP contribution >= 0.6 is 0 Å². The third-order valence-electron chi connectivity index (χ3n) is 3.60. The number of rotatable bonds is 8. The van der Waals surface area contributed by atoms with E-state index in [4.69, 9.17) is 4.74 Å². The Morgan fingerprint density at radius 3 is 2.47 bits per heavy atom. The Labute approximate surface area is 117 Å². The highest BCUT2D eigenvalue weighted by Gasteiger charge is 2.14. The van der Waals surface area contributed by atoms with E-state index in [9.17, 15) is 4.79 Å². The lowest BCUT2D eigenvalue weighted by Crippen LogP contribution is -2.47. The van der Waals surface area contributed by atoms with E-state index >= 15 is 0 Å². The number of ether oxygens (including phenoxy) is 1. The van der Waals surface area contributed by atoms with E-state index in [-0.39, 0.29) is 5.91 Å². The lowest BCUT2D eigenvalue weighted by molar-refractivity contribution is -0.121. The number of carbonyl (C=O) groups is 1. The molecule has 5 heteroatoms. The van der Waals surface area contributed by atoms with Crippen molar-refractivity contribution in [2.45, 2.75) is 45.7 Å². The molecule has 5 nitrogen and oxygen atoms in total. The highest BCUT2D eigenvalue weighted by atomic mass is 16.5. The van der Waals surface area contributed by atoms with Crippen molar-refractivity contribution in [3.05, 3.63) is 0 Å². The Morgan fingerprint density at radius 1 is 1.26 bits per heavy atom. The zero-order valence-corrected chi connectivity index (χ0v) is 12.6. The van der Waals surface area contributed by atoms with E-state index in [1.165, 1.54) is 0 Å². The van der Waals surface area contributed by atoms with Crippen LogP contribution in [0.15, 0.2) is 0 Å². The Morgan fingerprint density at radius 2 is 1.89 bits per heavy atom. The van der Waals surface area contributed by atoms with Gasteiger partial charge in [-0.25, -0.2) is 0 Å². The van der Waals surface area contributed by atoms with Gasteiger partial charge in [-0.3, -0.25) is 9.69 Å². The molecule has 0 saturated carbocycles. The number of hydrogen-bond donors (Lipinski definition) is 2. The minimum absolute atomic E-state index is 0.0996. The van der Waals surface area contributed by atoms with Gasteiger partial charge in [-0.15, -0.1) is 0 Å². The topological polar surface area (TPSA) is 53.6 Å². The molecule has 1 saturated heterocycles. The molecule has 0 aromatic heterocycles. The Hall–Kier alpha value is -0.650. The zero-order chi connectivity index (χ0) is 14.1.